The Kier molecular flexibility index (Phi) is 12.9. The van der Waals surface area contributed by atoms with Crippen molar-refractivity contribution in [2.75, 3.05) is 11.3 Å². The molecule has 0 aliphatic carbocycles. The Balaban J connectivity index is 1.56. The van der Waals surface area contributed by atoms with E-state index in [2.05, 4.69) is 11.6 Å². The summed E-state index contributed by atoms with van der Waals surface area (Å²) in [6.07, 6.45) is 12.5. The monoisotopic (exact) mass is 582 g/mol. The van der Waals surface area contributed by atoms with Crippen LogP contribution in [0.1, 0.15) is 82.3 Å². The first kappa shape index (κ1) is 31.9. The zero-order valence-electron chi connectivity index (χ0n) is 24.1. The van der Waals surface area contributed by atoms with Crippen molar-refractivity contribution in [1.82, 2.24) is 0 Å². The van der Waals surface area contributed by atoms with Crippen molar-refractivity contribution >= 4 is 21.4 Å². The van der Waals surface area contributed by atoms with E-state index in [1.165, 1.54) is 75.6 Å². The lowest BCUT2D eigenvalue weighted by Crippen LogP contribution is -2.15. The topological polar surface area (TPSA) is 108 Å². The van der Waals surface area contributed by atoms with Gasteiger partial charge in [0.1, 0.15) is 12.4 Å². The molecule has 0 unspecified atom stereocenters. The van der Waals surface area contributed by atoms with Crippen LogP contribution in [0, 0.1) is 17.0 Å². The minimum absolute atomic E-state index is 0.00826. The molecule has 0 radical (unpaired) electrons. The molecule has 3 aromatic carbocycles. The number of rotatable bonds is 19. The number of nitrogens with zero attached hydrogens (tertiary/aromatic N) is 1. The molecule has 0 spiro atoms. The van der Waals surface area contributed by atoms with E-state index in [9.17, 15) is 18.5 Å². The van der Waals surface area contributed by atoms with E-state index in [1.807, 2.05) is 30.3 Å². The summed E-state index contributed by atoms with van der Waals surface area (Å²) >= 11 is 0. The number of nitro benzene ring substituents is 1. The summed E-state index contributed by atoms with van der Waals surface area (Å²) < 4.78 is 40.5. The summed E-state index contributed by atoms with van der Waals surface area (Å²) in [6.45, 7) is 4.52. The van der Waals surface area contributed by atoms with Crippen molar-refractivity contribution in [3.05, 3.63) is 88.0 Å². The molecule has 3 aromatic rings. The summed E-state index contributed by atoms with van der Waals surface area (Å²) in [6, 6.07) is 18.2. The third-order valence-electron chi connectivity index (χ3n) is 6.78. The van der Waals surface area contributed by atoms with E-state index < -0.39 is 14.9 Å². The van der Waals surface area contributed by atoms with E-state index in [-0.39, 0.29) is 28.6 Å². The zero-order chi connectivity index (χ0) is 29.5. The fourth-order valence-electron chi connectivity index (χ4n) is 4.55. The van der Waals surface area contributed by atoms with Crippen LogP contribution in [0.4, 0.5) is 11.4 Å². The van der Waals surface area contributed by atoms with Crippen LogP contribution < -0.4 is 14.2 Å². The highest BCUT2D eigenvalue weighted by Gasteiger charge is 2.25. The predicted octanol–water partition coefficient (Wildman–Crippen LogP) is 8.58. The minimum atomic E-state index is -4.05. The van der Waals surface area contributed by atoms with Crippen molar-refractivity contribution in [2.24, 2.45) is 0 Å². The Labute approximate surface area is 244 Å². The first-order valence-corrected chi connectivity index (χ1v) is 16.0. The zero-order valence-corrected chi connectivity index (χ0v) is 25.0. The largest absolute Gasteiger partial charge is 0.494 e. The number of benzene rings is 3. The number of unbranched alkanes of at least 4 members (excludes halogenated alkanes) is 9. The van der Waals surface area contributed by atoms with Crippen LogP contribution in [0.3, 0.4) is 0 Å². The number of hydrogen-bond donors (Lipinski definition) is 1. The van der Waals surface area contributed by atoms with E-state index >= 15 is 0 Å². The minimum Gasteiger partial charge on any atom is -0.494 e. The molecule has 222 valence electrons. The van der Waals surface area contributed by atoms with Crippen LogP contribution in [-0.2, 0) is 16.6 Å². The highest BCUT2D eigenvalue weighted by Crippen LogP contribution is 2.38. The van der Waals surface area contributed by atoms with Gasteiger partial charge in [-0.25, -0.2) is 8.42 Å². The number of ether oxygens (including phenoxy) is 2. The van der Waals surface area contributed by atoms with Gasteiger partial charge < -0.3 is 9.47 Å². The quantitative estimate of drug-likeness (QED) is 0.0861. The average Bonchev–Trinajstić information content (AvgIpc) is 2.95. The number of anilines is 1. The summed E-state index contributed by atoms with van der Waals surface area (Å²) in [4.78, 5) is 11.2. The molecular weight excluding hydrogens is 540 g/mol. The van der Waals surface area contributed by atoms with Crippen LogP contribution in [0.15, 0.2) is 71.6 Å². The van der Waals surface area contributed by atoms with Gasteiger partial charge in [-0.05, 0) is 54.8 Å². The van der Waals surface area contributed by atoms with Crippen molar-refractivity contribution in [1.29, 1.82) is 0 Å². The standard InChI is InChI=1S/C32H42N2O6S/c1-3-4-5-6-7-8-9-10-11-15-22-39-28-18-20-29(21-19-28)41(37,38)33-30-23-26(2)24-31(34(35)36)32(30)40-25-27-16-13-12-14-17-27/h12-14,16-21,23-24,33H,3-11,15,22,25H2,1-2H3. The smallest absolute Gasteiger partial charge is 0.313 e. The molecule has 3 rings (SSSR count). The van der Waals surface area contributed by atoms with E-state index in [4.69, 9.17) is 9.47 Å². The van der Waals surface area contributed by atoms with Crippen LogP contribution >= 0.6 is 0 Å². The normalized spacial score (nSPS) is 11.3. The lowest BCUT2D eigenvalue weighted by atomic mass is 10.1. The van der Waals surface area contributed by atoms with Crippen molar-refractivity contribution in [3.63, 3.8) is 0 Å². The first-order valence-electron chi connectivity index (χ1n) is 14.5. The molecule has 1 N–H and O–H groups in total. The molecule has 0 saturated heterocycles. The van der Waals surface area contributed by atoms with Crippen molar-refractivity contribution in [3.8, 4) is 11.5 Å². The Morgan fingerprint density at radius 2 is 1.41 bits per heavy atom. The second-order valence-electron chi connectivity index (χ2n) is 10.3. The maximum Gasteiger partial charge on any atom is 0.313 e. The second kappa shape index (κ2) is 16.6. The van der Waals surface area contributed by atoms with Crippen LogP contribution in [-0.4, -0.2) is 19.9 Å². The third-order valence-corrected chi connectivity index (χ3v) is 8.16. The maximum atomic E-state index is 13.2. The molecule has 0 atom stereocenters. The molecular formula is C32H42N2O6S. The van der Waals surface area contributed by atoms with Gasteiger partial charge in [0.2, 0.25) is 5.75 Å². The number of aryl methyl sites for hydroxylation is 1. The average molecular weight is 583 g/mol. The Bertz CT molecular complexity index is 1330. The Morgan fingerprint density at radius 3 is 2.02 bits per heavy atom. The fourth-order valence-corrected chi connectivity index (χ4v) is 5.60. The summed E-state index contributed by atoms with van der Waals surface area (Å²) in [5.74, 6) is 0.461. The SMILES string of the molecule is CCCCCCCCCCCCOc1ccc(S(=O)(=O)Nc2cc(C)cc([N+](=O)[O-])c2OCc2ccccc2)cc1. The van der Waals surface area contributed by atoms with Crippen molar-refractivity contribution < 1.29 is 22.8 Å². The third kappa shape index (κ3) is 10.7. The van der Waals surface area contributed by atoms with Crippen LogP contribution in [0.25, 0.3) is 0 Å². The molecule has 0 saturated carbocycles. The lowest BCUT2D eigenvalue weighted by Gasteiger charge is -2.15. The molecule has 41 heavy (non-hydrogen) atoms. The van der Waals surface area contributed by atoms with Gasteiger partial charge in [0, 0.05) is 6.07 Å². The number of nitro groups is 1. The number of nitrogens with one attached hydrogen (secondary N) is 1. The van der Waals surface area contributed by atoms with Gasteiger partial charge in [-0.1, -0.05) is 95.0 Å². The molecule has 0 aromatic heterocycles. The van der Waals surface area contributed by atoms with Crippen molar-refractivity contribution in [2.45, 2.75) is 89.6 Å². The lowest BCUT2D eigenvalue weighted by molar-refractivity contribution is -0.385. The Hall–Kier alpha value is -3.59. The predicted molar refractivity (Wildman–Crippen MR) is 163 cm³/mol. The molecule has 9 heteroatoms. The van der Waals surface area contributed by atoms with Gasteiger partial charge in [-0.2, -0.15) is 0 Å². The van der Waals surface area contributed by atoms with Gasteiger partial charge in [-0.15, -0.1) is 0 Å². The van der Waals surface area contributed by atoms with E-state index in [1.54, 1.807) is 19.1 Å². The fraction of sp³-hybridized carbons (Fsp3) is 0.438. The van der Waals surface area contributed by atoms with Gasteiger partial charge in [0.15, 0.2) is 0 Å². The van der Waals surface area contributed by atoms with Gasteiger partial charge in [0.25, 0.3) is 10.0 Å². The van der Waals surface area contributed by atoms with Crippen LogP contribution in [0.5, 0.6) is 11.5 Å². The van der Waals surface area contributed by atoms with Gasteiger partial charge >= 0.3 is 5.69 Å². The molecule has 0 amide bonds. The number of hydrogen-bond acceptors (Lipinski definition) is 6. The molecule has 0 heterocycles. The summed E-state index contributed by atoms with van der Waals surface area (Å²) in [5, 5.41) is 11.8. The molecule has 0 fully saturated rings. The maximum absolute atomic E-state index is 13.2. The first-order chi connectivity index (χ1) is 19.8. The van der Waals surface area contributed by atoms with Crippen LogP contribution in [0.2, 0.25) is 0 Å². The van der Waals surface area contributed by atoms with E-state index in [0.717, 1.165) is 18.4 Å². The Morgan fingerprint density at radius 1 is 0.805 bits per heavy atom. The molecule has 8 nitrogen and oxygen atoms in total. The molecule has 0 aliphatic heterocycles. The van der Waals surface area contributed by atoms with Gasteiger partial charge in [0.05, 0.1) is 22.1 Å². The summed E-state index contributed by atoms with van der Waals surface area (Å²) in [7, 11) is -4.05. The highest BCUT2D eigenvalue weighted by molar-refractivity contribution is 7.92. The van der Waals surface area contributed by atoms with Gasteiger partial charge in [-0.3, -0.25) is 14.8 Å². The summed E-state index contributed by atoms with van der Waals surface area (Å²) in [5.41, 5.74) is 1.02. The molecule has 0 aliphatic rings. The highest BCUT2D eigenvalue weighted by atomic mass is 32.2. The van der Waals surface area contributed by atoms with E-state index in [0.29, 0.717) is 17.9 Å². The second-order valence-corrected chi connectivity index (χ2v) is 12.0. The molecule has 0 bridgehead atoms. The number of sulfonamides is 1.